The molecule has 0 aliphatic rings. The molecule has 8 heteroatoms. The molecule has 0 fully saturated rings. The lowest BCUT2D eigenvalue weighted by molar-refractivity contribution is 0.344. The number of hydrogen-bond donors (Lipinski definition) is 1. The first-order chi connectivity index (χ1) is 10.7. The van der Waals surface area contributed by atoms with Gasteiger partial charge in [-0.25, -0.2) is 0 Å². The number of nitrogens with one attached hydrogen (secondary N) is 1. The smallest absolute Gasteiger partial charge is 0.206 e. The molecule has 1 N–H and O–H groups in total. The molecule has 2 rings (SSSR count). The van der Waals surface area contributed by atoms with Crippen LogP contribution in [0.4, 0.5) is 5.13 Å². The van der Waals surface area contributed by atoms with Gasteiger partial charge in [-0.2, -0.15) is 0 Å². The van der Waals surface area contributed by atoms with E-state index in [0.717, 1.165) is 34.6 Å². The molecule has 0 saturated heterocycles. The van der Waals surface area contributed by atoms with Gasteiger partial charge in [0.2, 0.25) is 5.13 Å². The van der Waals surface area contributed by atoms with Crippen LogP contribution >= 0.6 is 46.3 Å². The maximum absolute atomic E-state index is 6.04. The zero-order chi connectivity index (χ0) is 15.8. The summed E-state index contributed by atoms with van der Waals surface area (Å²) < 4.78 is 6.56. The number of rotatable bonds is 9. The minimum absolute atomic E-state index is 0.524. The zero-order valence-corrected chi connectivity index (χ0v) is 15.3. The van der Waals surface area contributed by atoms with E-state index in [1.165, 1.54) is 0 Å². The van der Waals surface area contributed by atoms with Gasteiger partial charge >= 0.3 is 0 Å². The van der Waals surface area contributed by atoms with E-state index in [1.54, 1.807) is 41.3 Å². The second-order valence-electron chi connectivity index (χ2n) is 4.43. The molecule has 120 valence electrons. The van der Waals surface area contributed by atoms with Crippen molar-refractivity contribution in [3.05, 3.63) is 28.2 Å². The van der Waals surface area contributed by atoms with Crippen molar-refractivity contribution >= 4 is 51.4 Å². The van der Waals surface area contributed by atoms with Gasteiger partial charge in [0, 0.05) is 17.3 Å². The van der Waals surface area contributed by atoms with Crippen LogP contribution in [0.25, 0.3) is 0 Å². The lowest BCUT2D eigenvalue weighted by Crippen LogP contribution is -2.00. The number of ether oxygens (including phenoxy) is 1. The van der Waals surface area contributed by atoms with Gasteiger partial charge in [-0.1, -0.05) is 59.6 Å². The van der Waals surface area contributed by atoms with Crippen molar-refractivity contribution < 1.29 is 4.74 Å². The second kappa shape index (κ2) is 9.45. The van der Waals surface area contributed by atoms with E-state index in [0.29, 0.717) is 22.4 Å². The van der Waals surface area contributed by atoms with Crippen LogP contribution in [0, 0.1) is 0 Å². The Balaban J connectivity index is 1.70. The topological polar surface area (TPSA) is 47.0 Å². The van der Waals surface area contributed by atoms with Gasteiger partial charge in [0.25, 0.3) is 0 Å². The third-order valence-electron chi connectivity index (χ3n) is 2.67. The number of nitrogens with zero attached hydrogens (tertiary/aromatic N) is 2. The molecule has 4 nitrogen and oxygen atoms in total. The van der Waals surface area contributed by atoms with Crippen LogP contribution in [0.5, 0.6) is 5.75 Å². The summed E-state index contributed by atoms with van der Waals surface area (Å²) in [6.45, 7) is 3.65. The van der Waals surface area contributed by atoms with Gasteiger partial charge in [-0.15, -0.1) is 10.2 Å². The van der Waals surface area contributed by atoms with Crippen LogP contribution in [-0.4, -0.2) is 29.1 Å². The Labute approximate surface area is 148 Å². The average molecular weight is 378 g/mol. The van der Waals surface area contributed by atoms with Crippen LogP contribution in [0.2, 0.25) is 10.0 Å². The van der Waals surface area contributed by atoms with E-state index in [4.69, 9.17) is 27.9 Å². The minimum Gasteiger partial charge on any atom is -0.491 e. The molecule has 2 aromatic rings. The van der Waals surface area contributed by atoms with Gasteiger partial charge in [0.05, 0.1) is 11.6 Å². The van der Waals surface area contributed by atoms with Crippen molar-refractivity contribution in [3.8, 4) is 5.75 Å². The summed E-state index contributed by atoms with van der Waals surface area (Å²) in [6, 6.07) is 5.20. The van der Waals surface area contributed by atoms with Crippen molar-refractivity contribution in [1.29, 1.82) is 0 Å². The summed E-state index contributed by atoms with van der Waals surface area (Å²) in [4.78, 5) is 0. The second-order valence-corrected chi connectivity index (χ2v) is 7.59. The van der Waals surface area contributed by atoms with E-state index < -0.39 is 0 Å². The quantitative estimate of drug-likeness (QED) is 0.478. The van der Waals surface area contributed by atoms with Gasteiger partial charge in [-0.05, 0) is 24.6 Å². The summed E-state index contributed by atoms with van der Waals surface area (Å²) >= 11 is 15.1. The van der Waals surface area contributed by atoms with E-state index in [1.807, 2.05) is 0 Å². The van der Waals surface area contributed by atoms with Crippen LogP contribution in [0.3, 0.4) is 0 Å². The van der Waals surface area contributed by atoms with E-state index in [-0.39, 0.29) is 0 Å². The molecule has 0 atom stereocenters. The fraction of sp³-hybridized carbons (Fsp3) is 0.429. The van der Waals surface area contributed by atoms with Gasteiger partial charge in [0.1, 0.15) is 5.75 Å². The van der Waals surface area contributed by atoms with E-state index >= 15 is 0 Å². The van der Waals surface area contributed by atoms with Crippen LogP contribution in [0.15, 0.2) is 22.5 Å². The Morgan fingerprint density at radius 3 is 2.95 bits per heavy atom. The lowest BCUT2D eigenvalue weighted by atomic mass is 10.3. The standard InChI is InChI=1S/C14H17Cl2N3OS2/c1-2-3-6-17-13-18-19-14(22-13)21-8-7-20-12-5-4-10(15)9-11(12)16/h4-5,9H,2-3,6-8H2,1H3,(H,17,18). The molecule has 0 spiro atoms. The molecule has 1 aromatic carbocycles. The predicted molar refractivity (Wildman–Crippen MR) is 96.0 cm³/mol. The minimum atomic E-state index is 0.524. The number of anilines is 1. The van der Waals surface area contributed by atoms with Gasteiger partial charge < -0.3 is 10.1 Å². The summed E-state index contributed by atoms with van der Waals surface area (Å²) in [5, 5.41) is 13.5. The molecular weight excluding hydrogens is 361 g/mol. The SMILES string of the molecule is CCCCNc1nnc(SCCOc2ccc(Cl)cc2Cl)s1. The number of hydrogen-bond acceptors (Lipinski definition) is 6. The number of unbranched alkanes of at least 4 members (excludes halogenated alkanes) is 1. The molecule has 22 heavy (non-hydrogen) atoms. The fourth-order valence-corrected chi connectivity index (χ4v) is 3.71. The van der Waals surface area contributed by atoms with Gasteiger partial charge in [-0.3, -0.25) is 0 Å². The summed E-state index contributed by atoms with van der Waals surface area (Å²) in [5.41, 5.74) is 0. The van der Waals surface area contributed by atoms with Crippen molar-refractivity contribution in [2.45, 2.75) is 24.1 Å². The van der Waals surface area contributed by atoms with Crippen LogP contribution in [0.1, 0.15) is 19.8 Å². The molecular formula is C14H17Cl2N3OS2. The average Bonchev–Trinajstić information content (AvgIpc) is 2.93. The molecule has 0 amide bonds. The van der Waals surface area contributed by atoms with E-state index in [2.05, 4.69) is 22.4 Å². The number of aromatic nitrogens is 2. The summed E-state index contributed by atoms with van der Waals surface area (Å²) in [5.74, 6) is 1.42. The molecule has 0 aliphatic carbocycles. The van der Waals surface area contributed by atoms with Crippen molar-refractivity contribution in [2.75, 3.05) is 24.2 Å². The van der Waals surface area contributed by atoms with Crippen LogP contribution in [-0.2, 0) is 0 Å². The maximum atomic E-state index is 6.04. The predicted octanol–water partition coefficient (Wildman–Crippen LogP) is 5.23. The maximum Gasteiger partial charge on any atom is 0.206 e. The first-order valence-corrected chi connectivity index (χ1v) is 9.53. The normalized spacial score (nSPS) is 10.7. The highest BCUT2D eigenvalue weighted by Gasteiger charge is 2.05. The van der Waals surface area contributed by atoms with E-state index in [9.17, 15) is 0 Å². The highest BCUT2D eigenvalue weighted by Crippen LogP contribution is 2.29. The summed E-state index contributed by atoms with van der Waals surface area (Å²) in [6.07, 6.45) is 2.30. The van der Waals surface area contributed by atoms with Crippen molar-refractivity contribution in [2.24, 2.45) is 0 Å². The largest absolute Gasteiger partial charge is 0.491 e. The Kier molecular flexibility index (Phi) is 7.59. The molecule has 1 heterocycles. The number of thioether (sulfide) groups is 1. The number of benzene rings is 1. The number of halogens is 2. The molecule has 0 unspecified atom stereocenters. The molecule has 0 aliphatic heterocycles. The van der Waals surface area contributed by atoms with Crippen molar-refractivity contribution in [1.82, 2.24) is 10.2 Å². The third kappa shape index (κ3) is 5.83. The lowest BCUT2D eigenvalue weighted by Gasteiger charge is -2.07. The highest BCUT2D eigenvalue weighted by atomic mass is 35.5. The molecule has 0 bridgehead atoms. The third-order valence-corrected chi connectivity index (χ3v) is 5.18. The first-order valence-electron chi connectivity index (χ1n) is 6.97. The first kappa shape index (κ1) is 17.7. The van der Waals surface area contributed by atoms with Crippen LogP contribution < -0.4 is 10.1 Å². The Morgan fingerprint density at radius 2 is 2.18 bits per heavy atom. The molecule has 0 saturated carbocycles. The van der Waals surface area contributed by atoms with Crippen molar-refractivity contribution in [3.63, 3.8) is 0 Å². The summed E-state index contributed by atoms with van der Waals surface area (Å²) in [7, 11) is 0. The Hall–Kier alpha value is -0.690. The Bertz CT molecular complexity index is 595. The Morgan fingerprint density at radius 1 is 1.32 bits per heavy atom. The fourth-order valence-electron chi connectivity index (χ4n) is 1.58. The highest BCUT2D eigenvalue weighted by molar-refractivity contribution is 8.01. The zero-order valence-electron chi connectivity index (χ0n) is 12.1. The monoisotopic (exact) mass is 377 g/mol. The van der Waals surface area contributed by atoms with Gasteiger partial charge in [0.15, 0.2) is 4.34 Å². The molecule has 1 aromatic heterocycles. The molecule has 0 radical (unpaired) electrons.